The highest BCUT2D eigenvalue weighted by Crippen LogP contribution is 2.21. The second kappa shape index (κ2) is 25.6. The summed E-state index contributed by atoms with van der Waals surface area (Å²) in [6.45, 7) is 22.2. The molecule has 0 N–H and O–H groups in total. The molecule has 0 aromatic carbocycles. The van der Waals surface area contributed by atoms with Gasteiger partial charge in [-0.05, 0) is 58.4 Å². The van der Waals surface area contributed by atoms with Gasteiger partial charge >= 0.3 is 0 Å². The van der Waals surface area contributed by atoms with Gasteiger partial charge in [0.2, 0.25) is 0 Å². The maximum atomic E-state index is 6.34. The molecule has 0 atom stereocenters. The van der Waals surface area contributed by atoms with E-state index in [0.29, 0.717) is 0 Å². The van der Waals surface area contributed by atoms with Crippen LogP contribution in [-0.2, 0) is 8.23 Å². The van der Waals surface area contributed by atoms with Crippen molar-refractivity contribution in [2.75, 3.05) is 0 Å². The molecular weight excluding hydrogens is 686 g/mol. The Balaban J connectivity index is -0.000000623. The molecule has 0 fully saturated rings. The monoisotopic (exact) mass is 750 g/mol. The molecule has 0 aliphatic rings. The maximum absolute atomic E-state index is 6.34. The van der Waals surface area contributed by atoms with Gasteiger partial charge in [0.1, 0.15) is 7.38 Å². The lowest BCUT2D eigenvalue weighted by Gasteiger charge is -2.23. The highest BCUT2D eigenvalue weighted by atomic mass is 35.6. The Morgan fingerprint density at radius 3 is 0.700 bits per heavy atom. The second-order valence-electron chi connectivity index (χ2n) is 13.4. The van der Waals surface area contributed by atoms with E-state index in [1.165, 1.54) is 109 Å². The van der Waals surface area contributed by atoms with Gasteiger partial charge in [-0.2, -0.15) is 11.1 Å². The van der Waals surface area contributed by atoms with Crippen LogP contribution in [0.15, 0.2) is 0 Å². The van der Waals surface area contributed by atoms with E-state index in [1.807, 2.05) is 52.4 Å². The summed E-state index contributed by atoms with van der Waals surface area (Å²) in [6.07, 6.45) is 23.1. The third-order valence-electron chi connectivity index (χ3n) is 5.60. The predicted octanol–water partition coefficient (Wildman–Crippen LogP) is 14.5. The average Bonchev–Trinajstić information content (AvgIpc) is 2.68. The number of rotatable bonds is 21. The molecule has 0 heterocycles. The van der Waals surface area contributed by atoms with Crippen molar-refractivity contribution < 1.29 is 8.23 Å². The lowest BCUT2D eigenvalue weighted by atomic mass is 10.0. The molecule has 0 saturated carbocycles. The van der Waals surface area contributed by atoms with Crippen molar-refractivity contribution in [3.05, 3.63) is 0 Å². The average molecular weight is 754 g/mol. The van der Waals surface area contributed by atoms with Gasteiger partial charge in [-0.15, -0.1) is 44.3 Å². The molecule has 0 unspecified atom stereocenters. The summed E-state index contributed by atoms with van der Waals surface area (Å²) in [4.78, 5) is 0. The van der Waals surface area contributed by atoms with E-state index in [9.17, 15) is 0 Å². The van der Waals surface area contributed by atoms with E-state index >= 15 is 0 Å². The molecule has 12 heteroatoms. The third-order valence-corrected chi connectivity index (χ3v) is 18.2. The highest BCUT2D eigenvalue weighted by Gasteiger charge is 2.30. The SMILES string of the molecule is CCCCCCCCCCCCCCCCCC[Si](C)(C)Cl.C[Si](C)(Cl)O[Si](C)(C)Cl.C[Si](C)(Cl)O[Si](C)(C)Cl. The minimum Gasteiger partial charge on any atom is -0.433 e. The van der Waals surface area contributed by atoms with Gasteiger partial charge in [0, 0.05) is 0 Å². The minimum absolute atomic E-state index is 1.29. The van der Waals surface area contributed by atoms with Crippen molar-refractivity contribution in [1.82, 2.24) is 0 Å². The van der Waals surface area contributed by atoms with Crippen LogP contribution < -0.4 is 0 Å². The van der Waals surface area contributed by atoms with E-state index in [2.05, 4.69) is 20.0 Å². The second-order valence-corrected chi connectivity index (χ2v) is 43.9. The third kappa shape index (κ3) is 56.3. The Morgan fingerprint density at radius 1 is 0.350 bits per heavy atom. The summed E-state index contributed by atoms with van der Waals surface area (Å²) in [5, 5.41) is 0. The Kier molecular flexibility index (Phi) is 30.0. The van der Waals surface area contributed by atoms with Gasteiger partial charge in [0.15, 0.2) is 0 Å². The summed E-state index contributed by atoms with van der Waals surface area (Å²) in [5.74, 6) is 0. The highest BCUT2D eigenvalue weighted by molar-refractivity contribution is 7.25. The Morgan fingerprint density at radius 2 is 0.550 bits per heavy atom. The normalized spacial score (nSPS) is 12.9. The molecule has 0 radical (unpaired) electrons. The summed E-state index contributed by atoms with van der Waals surface area (Å²) < 4.78 is 10.9. The zero-order valence-corrected chi connectivity index (χ0v) is 37.0. The van der Waals surface area contributed by atoms with Crippen LogP contribution in [0.4, 0.5) is 0 Å². The largest absolute Gasteiger partial charge is 0.433 e. The van der Waals surface area contributed by atoms with Crippen LogP contribution in [0.3, 0.4) is 0 Å². The predicted molar refractivity (Wildman–Crippen MR) is 203 cm³/mol. The number of unbranched alkanes of at least 4 members (excludes halogenated alkanes) is 15. The fourth-order valence-electron chi connectivity index (χ4n) is 4.25. The lowest BCUT2D eigenvalue weighted by Crippen LogP contribution is -2.36. The Labute approximate surface area is 280 Å². The van der Waals surface area contributed by atoms with Crippen LogP contribution in [0.2, 0.25) is 71.5 Å². The number of halogens is 5. The molecule has 246 valence electrons. The van der Waals surface area contributed by atoms with Crippen LogP contribution in [0.25, 0.3) is 0 Å². The maximum Gasteiger partial charge on any atom is 0.274 e. The van der Waals surface area contributed by atoms with Crippen LogP contribution >= 0.6 is 55.4 Å². The van der Waals surface area contributed by atoms with Gasteiger partial charge in [-0.3, -0.25) is 0 Å². The summed E-state index contributed by atoms with van der Waals surface area (Å²) in [7, 11) is -8.85. The van der Waals surface area contributed by atoms with E-state index < -0.39 is 37.9 Å². The number of hydrogen-bond donors (Lipinski definition) is 0. The summed E-state index contributed by atoms with van der Waals surface area (Å²) >= 11 is 29.9. The van der Waals surface area contributed by atoms with E-state index in [4.69, 9.17) is 63.6 Å². The van der Waals surface area contributed by atoms with Gasteiger partial charge in [-0.25, -0.2) is 0 Å². The van der Waals surface area contributed by atoms with Gasteiger partial charge in [0.05, 0.1) is 0 Å². The first-order valence-corrected chi connectivity index (χ1v) is 35.7. The van der Waals surface area contributed by atoms with Crippen LogP contribution in [-0.4, -0.2) is 37.9 Å². The van der Waals surface area contributed by atoms with Crippen LogP contribution in [0.1, 0.15) is 110 Å². The van der Waals surface area contributed by atoms with Crippen molar-refractivity contribution >= 4 is 93.3 Å². The standard InChI is InChI=1S/C20H43ClSi.2C4H12Cl2OSi2/c1-4-5-6-7-8-9-10-11-12-13-14-15-16-17-18-19-20-22(2,3)21;2*1-8(2,5)7-9(3,4)6/h4-20H2,1-3H3;2*1-4H3. The zero-order valence-electron chi connectivity index (χ0n) is 28.2. The molecule has 0 spiro atoms. The van der Waals surface area contributed by atoms with E-state index in [1.54, 1.807) is 0 Å². The summed E-state index contributed by atoms with van der Waals surface area (Å²) in [5.41, 5.74) is 0. The van der Waals surface area contributed by atoms with E-state index in [-0.39, 0.29) is 0 Å². The smallest absolute Gasteiger partial charge is 0.274 e. The van der Waals surface area contributed by atoms with Crippen LogP contribution in [0, 0.1) is 0 Å². The lowest BCUT2D eigenvalue weighted by molar-refractivity contribution is 0.531. The molecule has 0 saturated heterocycles. The van der Waals surface area contributed by atoms with Crippen molar-refractivity contribution in [3.63, 3.8) is 0 Å². The molecule has 0 bridgehead atoms. The van der Waals surface area contributed by atoms with Crippen molar-refractivity contribution in [3.8, 4) is 0 Å². The Bertz CT molecular complexity index is 506. The van der Waals surface area contributed by atoms with E-state index in [0.717, 1.165) is 0 Å². The summed E-state index contributed by atoms with van der Waals surface area (Å²) in [6, 6.07) is 1.30. The molecule has 0 amide bonds. The first kappa shape index (κ1) is 46.9. The minimum atomic E-state index is -1.89. The zero-order chi connectivity index (χ0) is 31.9. The fraction of sp³-hybridized carbons (Fsp3) is 1.00. The molecule has 0 aromatic heterocycles. The van der Waals surface area contributed by atoms with Gasteiger partial charge in [-0.1, -0.05) is 123 Å². The van der Waals surface area contributed by atoms with Crippen molar-refractivity contribution in [1.29, 1.82) is 0 Å². The Hall–Kier alpha value is 2.45. The molecule has 40 heavy (non-hydrogen) atoms. The molecule has 0 aliphatic heterocycles. The topological polar surface area (TPSA) is 18.5 Å². The van der Waals surface area contributed by atoms with Gasteiger partial charge < -0.3 is 8.23 Å². The van der Waals surface area contributed by atoms with Crippen molar-refractivity contribution in [2.45, 2.75) is 181 Å². The molecule has 0 aromatic rings. The molecule has 0 aliphatic carbocycles. The number of hydrogen-bond acceptors (Lipinski definition) is 2. The first-order valence-electron chi connectivity index (χ1n) is 15.8. The molecule has 2 nitrogen and oxygen atoms in total. The van der Waals surface area contributed by atoms with Crippen LogP contribution in [0.5, 0.6) is 0 Å². The fourth-order valence-corrected chi connectivity index (χ4v) is 22.6. The molecule has 0 rings (SSSR count). The first-order chi connectivity index (χ1) is 18.0. The quantitative estimate of drug-likeness (QED) is 0.0660. The van der Waals surface area contributed by atoms with Crippen molar-refractivity contribution in [2.24, 2.45) is 0 Å². The van der Waals surface area contributed by atoms with Gasteiger partial charge in [0.25, 0.3) is 30.5 Å². The molecular formula is C28H67Cl5O2Si5.